The number of carbonyl (C=O) groups is 1. The van der Waals surface area contributed by atoms with Crippen molar-refractivity contribution < 1.29 is 13.6 Å². The molecule has 0 aromatic heterocycles. The second-order valence-electron chi connectivity index (χ2n) is 8.58. The number of fused-ring (bicyclic) bond motifs is 2. The molecule has 1 saturated heterocycles. The van der Waals surface area contributed by atoms with Gasteiger partial charge in [-0.05, 0) is 92.7 Å². The van der Waals surface area contributed by atoms with Gasteiger partial charge in [-0.3, -0.25) is 4.79 Å². The van der Waals surface area contributed by atoms with E-state index in [1.165, 1.54) is 49.7 Å². The predicted octanol–water partition coefficient (Wildman–Crippen LogP) is 4.37. The van der Waals surface area contributed by atoms with Crippen molar-refractivity contribution in [1.29, 1.82) is 0 Å². The minimum atomic E-state index is -0.361. The topological polar surface area (TPSA) is 23.6 Å². The molecule has 1 amide bonds. The van der Waals surface area contributed by atoms with Crippen LogP contribution in [0.15, 0.2) is 42.5 Å². The van der Waals surface area contributed by atoms with Gasteiger partial charge in [0.2, 0.25) is 0 Å². The summed E-state index contributed by atoms with van der Waals surface area (Å²) >= 11 is 0. The van der Waals surface area contributed by atoms with Gasteiger partial charge < -0.3 is 9.80 Å². The van der Waals surface area contributed by atoms with Gasteiger partial charge in [-0.15, -0.1) is 0 Å². The first-order valence-electron chi connectivity index (χ1n) is 10.1. The van der Waals surface area contributed by atoms with Gasteiger partial charge in [0.15, 0.2) is 0 Å². The number of hydrogen-bond acceptors (Lipinski definition) is 2. The number of rotatable bonds is 3. The second-order valence-corrected chi connectivity index (χ2v) is 8.58. The number of likely N-dealkylation sites (tertiary alicyclic amines) is 1. The van der Waals surface area contributed by atoms with Gasteiger partial charge in [0, 0.05) is 29.8 Å². The molecule has 28 heavy (non-hydrogen) atoms. The molecule has 1 saturated carbocycles. The third-order valence-electron chi connectivity index (χ3n) is 6.64. The van der Waals surface area contributed by atoms with E-state index in [1.54, 1.807) is 17.0 Å². The highest BCUT2D eigenvalue weighted by Gasteiger charge is 2.47. The third kappa shape index (κ3) is 3.12. The van der Waals surface area contributed by atoms with Gasteiger partial charge in [0.05, 0.1) is 0 Å². The SMILES string of the molecule is O=C(c1ccc(F)cc1)N1CC2(CCN(CC3CC3)CC2)c2cc(F)ccc21. The summed E-state index contributed by atoms with van der Waals surface area (Å²) in [6, 6.07) is 10.4. The summed E-state index contributed by atoms with van der Waals surface area (Å²) < 4.78 is 27.4. The summed E-state index contributed by atoms with van der Waals surface area (Å²) in [6.07, 6.45) is 4.55. The number of amides is 1. The molecule has 146 valence electrons. The number of benzene rings is 2. The van der Waals surface area contributed by atoms with E-state index < -0.39 is 0 Å². The Morgan fingerprint density at radius 2 is 1.68 bits per heavy atom. The first-order chi connectivity index (χ1) is 13.5. The quantitative estimate of drug-likeness (QED) is 0.787. The first-order valence-corrected chi connectivity index (χ1v) is 10.1. The van der Waals surface area contributed by atoms with Gasteiger partial charge in [-0.25, -0.2) is 8.78 Å². The van der Waals surface area contributed by atoms with Gasteiger partial charge >= 0.3 is 0 Å². The minimum Gasteiger partial charge on any atom is -0.307 e. The van der Waals surface area contributed by atoms with Crippen LogP contribution < -0.4 is 4.90 Å². The van der Waals surface area contributed by atoms with E-state index in [-0.39, 0.29) is 23.0 Å². The monoisotopic (exact) mass is 382 g/mol. The van der Waals surface area contributed by atoms with Gasteiger partial charge in [-0.1, -0.05) is 0 Å². The molecular formula is C23H24F2N2O. The lowest BCUT2D eigenvalue weighted by Crippen LogP contribution is -2.46. The van der Waals surface area contributed by atoms with Crippen molar-refractivity contribution in [2.24, 2.45) is 5.92 Å². The average molecular weight is 382 g/mol. The van der Waals surface area contributed by atoms with Crippen molar-refractivity contribution in [3.05, 3.63) is 65.2 Å². The van der Waals surface area contributed by atoms with Gasteiger partial charge in [0.1, 0.15) is 11.6 Å². The Morgan fingerprint density at radius 1 is 1.00 bits per heavy atom. The molecule has 3 nitrogen and oxygen atoms in total. The highest BCUT2D eigenvalue weighted by molar-refractivity contribution is 6.07. The Bertz CT molecular complexity index is 899. The normalized spacial score (nSPS) is 21.1. The number of piperidine rings is 1. The molecule has 0 atom stereocenters. The molecular weight excluding hydrogens is 358 g/mol. The zero-order valence-electron chi connectivity index (χ0n) is 15.8. The lowest BCUT2D eigenvalue weighted by Gasteiger charge is -2.40. The Morgan fingerprint density at radius 3 is 2.36 bits per heavy atom. The second kappa shape index (κ2) is 6.66. The Hall–Kier alpha value is -2.27. The Kier molecular flexibility index (Phi) is 4.23. The molecule has 2 heterocycles. The van der Waals surface area contributed by atoms with Crippen LogP contribution in [0, 0.1) is 17.6 Å². The molecule has 1 spiro atoms. The van der Waals surface area contributed by atoms with Gasteiger partial charge in [-0.2, -0.15) is 0 Å². The van der Waals surface area contributed by atoms with Gasteiger partial charge in [0.25, 0.3) is 5.91 Å². The molecule has 0 unspecified atom stereocenters. The van der Waals surface area contributed by atoms with Crippen molar-refractivity contribution >= 4 is 11.6 Å². The smallest absolute Gasteiger partial charge is 0.258 e. The van der Waals surface area contributed by atoms with Crippen LogP contribution in [0.25, 0.3) is 0 Å². The molecule has 0 N–H and O–H groups in total. The Labute approximate surface area is 163 Å². The van der Waals surface area contributed by atoms with Crippen LogP contribution in [-0.4, -0.2) is 37.0 Å². The summed E-state index contributed by atoms with van der Waals surface area (Å²) in [5.74, 6) is 0.0959. The average Bonchev–Trinajstić information content (AvgIpc) is 3.47. The summed E-state index contributed by atoms with van der Waals surface area (Å²) in [5.41, 5.74) is 2.02. The largest absolute Gasteiger partial charge is 0.307 e. The molecule has 2 aliphatic heterocycles. The van der Waals surface area contributed by atoms with E-state index in [4.69, 9.17) is 0 Å². The summed E-state index contributed by atoms with van der Waals surface area (Å²) in [6.45, 7) is 3.72. The van der Waals surface area contributed by atoms with Crippen molar-refractivity contribution in [2.45, 2.75) is 31.1 Å². The van der Waals surface area contributed by atoms with Crippen molar-refractivity contribution in [3.63, 3.8) is 0 Å². The maximum Gasteiger partial charge on any atom is 0.258 e. The minimum absolute atomic E-state index is 0.148. The summed E-state index contributed by atoms with van der Waals surface area (Å²) in [5, 5.41) is 0. The van der Waals surface area contributed by atoms with Crippen LogP contribution in [0.4, 0.5) is 14.5 Å². The lowest BCUT2D eigenvalue weighted by atomic mass is 9.74. The predicted molar refractivity (Wildman–Crippen MR) is 105 cm³/mol. The fourth-order valence-electron chi connectivity index (χ4n) is 4.83. The molecule has 2 fully saturated rings. The fraction of sp³-hybridized carbons (Fsp3) is 0.435. The number of halogens is 2. The standard InChI is InChI=1S/C23H24F2N2O/c24-18-5-3-17(4-6-18)22(28)27-15-23(20-13-19(25)7-8-21(20)27)9-11-26(12-10-23)14-16-1-2-16/h3-8,13,16H,1-2,9-12,14-15H2. The van der Waals surface area contributed by atoms with E-state index in [0.29, 0.717) is 12.1 Å². The van der Waals surface area contributed by atoms with E-state index in [9.17, 15) is 13.6 Å². The van der Waals surface area contributed by atoms with E-state index in [2.05, 4.69) is 4.90 Å². The first kappa shape index (κ1) is 17.8. The maximum absolute atomic E-state index is 14.1. The van der Waals surface area contributed by atoms with Crippen molar-refractivity contribution in [2.75, 3.05) is 31.1 Å². The van der Waals surface area contributed by atoms with Crippen LogP contribution >= 0.6 is 0 Å². The van der Waals surface area contributed by atoms with Crippen LogP contribution in [0.2, 0.25) is 0 Å². The molecule has 3 aliphatic rings. The van der Waals surface area contributed by atoms with Crippen LogP contribution in [-0.2, 0) is 5.41 Å². The van der Waals surface area contributed by atoms with E-state index in [0.717, 1.165) is 43.1 Å². The molecule has 2 aromatic carbocycles. The Balaban J connectivity index is 1.43. The fourth-order valence-corrected chi connectivity index (χ4v) is 4.83. The highest BCUT2D eigenvalue weighted by Crippen LogP contribution is 2.48. The van der Waals surface area contributed by atoms with E-state index in [1.807, 2.05) is 0 Å². The van der Waals surface area contributed by atoms with Crippen molar-refractivity contribution in [3.8, 4) is 0 Å². The zero-order valence-corrected chi connectivity index (χ0v) is 15.8. The van der Waals surface area contributed by atoms with Crippen LogP contribution in [0.3, 0.4) is 0 Å². The summed E-state index contributed by atoms with van der Waals surface area (Å²) in [4.78, 5) is 17.4. The van der Waals surface area contributed by atoms with Crippen LogP contribution in [0.5, 0.6) is 0 Å². The number of nitrogens with zero attached hydrogens (tertiary/aromatic N) is 2. The van der Waals surface area contributed by atoms with E-state index >= 15 is 0 Å². The molecule has 2 aromatic rings. The maximum atomic E-state index is 14.1. The highest BCUT2D eigenvalue weighted by atomic mass is 19.1. The third-order valence-corrected chi connectivity index (χ3v) is 6.64. The number of hydrogen-bond donors (Lipinski definition) is 0. The number of anilines is 1. The molecule has 1 aliphatic carbocycles. The lowest BCUT2D eigenvalue weighted by molar-refractivity contribution is 0.0976. The molecule has 0 bridgehead atoms. The molecule has 5 rings (SSSR count). The molecule has 5 heteroatoms. The molecule has 0 radical (unpaired) electrons. The summed E-state index contributed by atoms with van der Waals surface area (Å²) in [7, 11) is 0. The zero-order chi connectivity index (χ0) is 19.3. The van der Waals surface area contributed by atoms with Crippen LogP contribution in [0.1, 0.15) is 41.6 Å². The number of carbonyl (C=O) groups excluding carboxylic acids is 1. The van der Waals surface area contributed by atoms with Crippen molar-refractivity contribution in [1.82, 2.24) is 4.90 Å².